The van der Waals surface area contributed by atoms with E-state index < -0.39 is 0 Å². The summed E-state index contributed by atoms with van der Waals surface area (Å²) in [5.74, 6) is -0.233. The second kappa shape index (κ2) is 4.37. The van der Waals surface area contributed by atoms with Gasteiger partial charge in [-0.05, 0) is 24.3 Å². The van der Waals surface area contributed by atoms with Gasteiger partial charge in [0.25, 0.3) is 5.91 Å². The lowest BCUT2D eigenvalue weighted by Gasteiger charge is -2.02. The fourth-order valence-electron chi connectivity index (χ4n) is 1.26. The van der Waals surface area contributed by atoms with E-state index in [4.69, 9.17) is 11.6 Å². The highest BCUT2D eigenvalue weighted by Gasteiger charge is 2.08. The van der Waals surface area contributed by atoms with Crippen LogP contribution in [0.15, 0.2) is 36.8 Å². The molecule has 1 N–H and O–H groups in total. The van der Waals surface area contributed by atoms with Gasteiger partial charge in [0.15, 0.2) is 0 Å². The van der Waals surface area contributed by atoms with E-state index >= 15 is 0 Å². The number of anilines is 1. The van der Waals surface area contributed by atoms with E-state index in [1.54, 1.807) is 41.4 Å². The average Bonchev–Trinajstić information content (AvgIpc) is 2.68. The number of amides is 1. The van der Waals surface area contributed by atoms with Crippen LogP contribution in [0.4, 0.5) is 5.69 Å². The molecule has 2 aromatic rings. The molecule has 4 nitrogen and oxygen atoms in total. The van der Waals surface area contributed by atoms with E-state index in [2.05, 4.69) is 10.3 Å². The number of aryl methyl sites for hydroxylation is 1. The lowest BCUT2D eigenvalue weighted by Crippen LogP contribution is -2.12. The minimum Gasteiger partial charge on any atom is -0.340 e. The van der Waals surface area contributed by atoms with Gasteiger partial charge in [-0.25, -0.2) is 4.98 Å². The summed E-state index contributed by atoms with van der Waals surface area (Å²) >= 11 is 5.74. The first-order valence-corrected chi connectivity index (χ1v) is 5.08. The predicted octanol–water partition coefficient (Wildman–Crippen LogP) is 2.33. The van der Waals surface area contributed by atoms with Crippen LogP contribution in [0.25, 0.3) is 0 Å². The smallest absolute Gasteiger partial charge is 0.275 e. The molecule has 0 spiro atoms. The largest absolute Gasteiger partial charge is 0.340 e. The summed E-state index contributed by atoms with van der Waals surface area (Å²) in [5, 5.41) is 3.36. The van der Waals surface area contributed by atoms with Crippen LogP contribution in [-0.4, -0.2) is 15.5 Å². The van der Waals surface area contributed by atoms with Crippen LogP contribution in [0.5, 0.6) is 0 Å². The number of carbonyl (C=O) groups is 1. The number of nitrogens with zero attached hydrogens (tertiary/aromatic N) is 2. The molecule has 16 heavy (non-hydrogen) atoms. The van der Waals surface area contributed by atoms with Crippen LogP contribution < -0.4 is 5.32 Å². The zero-order valence-electron chi connectivity index (χ0n) is 8.64. The van der Waals surface area contributed by atoms with Crippen molar-refractivity contribution >= 4 is 23.2 Å². The number of carbonyl (C=O) groups excluding carboxylic acids is 1. The van der Waals surface area contributed by atoms with Gasteiger partial charge in [0.1, 0.15) is 5.69 Å². The molecule has 0 aliphatic heterocycles. The minimum absolute atomic E-state index is 0.233. The molecule has 1 heterocycles. The Morgan fingerprint density at radius 2 is 2.06 bits per heavy atom. The Morgan fingerprint density at radius 3 is 2.62 bits per heavy atom. The number of nitrogens with one attached hydrogen (secondary N) is 1. The standard InChI is InChI=1S/C11H10ClN3O/c1-15-6-10(13-7-15)11(16)14-9-4-2-8(12)3-5-9/h2-7H,1H3,(H,14,16). The number of benzene rings is 1. The molecule has 5 heteroatoms. The molecule has 1 amide bonds. The summed E-state index contributed by atoms with van der Waals surface area (Å²) in [6.45, 7) is 0. The summed E-state index contributed by atoms with van der Waals surface area (Å²) in [6.07, 6.45) is 3.24. The van der Waals surface area contributed by atoms with Gasteiger partial charge in [-0.1, -0.05) is 11.6 Å². The first-order valence-electron chi connectivity index (χ1n) is 4.70. The summed E-state index contributed by atoms with van der Waals surface area (Å²) in [5.41, 5.74) is 1.08. The molecule has 82 valence electrons. The Morgan fingerprint density at radius 1 is 1.38 bits per heavy atom. The quantitative estimate of drug-likeness (QED) is 0.869. The highest BCUT2D eigenvalue weighted by molar-refractivity contribution is 6.30. The van der Waals surface area contributed by atoms with E-state index in [-0.39, 0.29) is 5.91 Å². The third-order valence-electron chi connectivity index (χ3n) is 2.04. The Kier molecular flexibility index (Phi) is 2.92. The number of halogens is 1. The van der Waals surface area contributed by atoms with Crippen LogP contribution in [0.2, 0.25) is 5.02 Å². The molecule has 2 rings (SSSR count). The molecule has 0 bridgehead atoms. The first kappa shape index (κ1) is 10.7. The van der Waals surface area contributed by atoms with Gasteiger partial charge in [-0.3, -0.25) is 4.79 Å². The molecule has 1 aromatic carbocycles. The Balaban J connectivity index is 2.10. The maximum absolute atomic E-state index is 11.7. The zero-order chi connectivity index (χ0) is 11.5. The van der Waals surface area contributed by atoms with Gasteiger partial charge in [0.05, 0.1) is 6.33 Å². The molecule has 0 unspecified atom stereocenters. The van der Waals surface area contributed by atoms with Crippen molar-refractivity contribution in [2.24, 2.45) is 7.05 Å². The Labute approximate surface area is 97.9 Å². The van der Waals surface area contributed by atoms with Crippen LogP contribution in [0.1, 0.15) is 10.5 Å². The fourth-order valence-corrected chi connectivity index (χ4v) is 1.38. The number of hydrogen-bond acceptors (Lipinski definition) is 2. The van der Waals surface area contributed by atoms with Crippen molar-refractivity contribution in [3.63, 3.8) is 0 Å². The Hall–Kier alpha value is -1.81. The van der Waals surface area contributed by atoms with Gasteiger partial charge in [-0.2, -0.15) is 0 Å². The molecule has 1 aromatic heterocycles. The van der Waals surface area contributed by atoms with Crippen molar-refractivity contribution in [1.82, 2.24) is 9.55 Å². The topological polar surface area (TPSA) is 46.9 Å². The molecular formula is C11H10ClN3O. The number of hydrogen-bond donors (Lipinski definition) is 1. The highest BCUT2D eigenvalue weighted by Crippen LogP contribution is 2.13. The molecule has 0 radical (unpaired) electrons. The zero-order valence-corrected chi connectivity index (χ0v) is 9.40. The number of imidazole rings is 1. The average molecular weight is 236 g/mol. The van der Waals surface area contributed by atoms with Crippen LogP contribution in [-0.2, 0) is 7.05 Å². The Bertz CT molecular complexity index is 504. The maximum Gasteiger partial charge on any atom is 0.275 e. The third-order valence-corrected chi connectivity index (χ3v) is 2.29. The molecule has 0 saturated carbocycles. The maximum atomic E-state index is 11.7. The number of aromatic nitrogens is 2. The second-order valence-corrected chi connectivity index (χ2v) is 3.82. The van der Waals surface area contributed by atoms with Gasteiger partial charge < -0.3 is 9.88 Å². The van der Waals surface area contributed by atoms with E-state index in [0.717, 1.165) is 0 Å². The van der Waals surface area contributed by atoms with Crippen LogP contribution in [0.3, 0.4) is 0 Å². The van der Waals surface area contributed by atoms with Crippen molar-refractivity contribution in [3.8, 4) is 0 Å². The van der Waals surface area contributed by atoms with Crippen LogP contribution in [0, 0.1) is 0 Å². The molecule has 0 fully saturated rings. The first-order chi connectivity index (χ1) is 7.65. The van der Waals surface area contributed by atoms with Crippen molar-refractivity contribution in [2.75, 3.05) is 5.32 Å². The van der Waals surface area contributed by atoms with Crippen molar-refractivity contribution in [1.29, 1.82) is 0 Å². The van der Waals surface area contributed by atoms with E-state index in [9.17, 15) is 4.79 Å². The van der Waals surface area contributed by atoms with Crippen LogP contribution >= 0.6 is 11.6 Å². The van der Waals surface area contributed by atoms with Crippen molar-refractivity contribution in [2.45, 2.75) is 0 Å². The summed E-state index contributed by atoms with van der Waals surface area (Å²) in [6, 6.07) is 6.91. The van der Waals surface area contributed by atoms with E-state index in [1.165, 1.54) is 0 Å². The van der Waals surface area contributed by atoms with E-state index in [1.807, 2.05) is 7.05 Å². The van der Waals surface area contributed by atoms with Crippen molar-refractivity contribution < 1.29 is 4.79 Å². The predicted molar refractivity (Wildman–Crippen MR) is 62.6 cm³/mol. The highest BCUT2D eigenvalue weighted by atomic mass is 35.5. The summed E-state index contributed by atoms with van der Waals surface area (Å²) in [7, 11) is 1.81. The molecule has 0 saturated heterocycles. The lowest BCUT2D eigenvalue weighted by atomic mass is 10.3. The lowest BCUT2D eigenvalue weighted by molar-refractivity contribution is 0.102. The number of rotatable bonds is 2. The van der Waals surface area contributed by atoms with Gasteiger partial charge in [0.2, 0.25) is 0 Å². The second-order valence-electron chi connectivity index (χ2n) is 3.39. The molecular weight excluding hydrogens is 226 g/mol. The SMILES string of the molecule is Cn1cnc(C(=O)Nc2ccc(Cl)cc2)c1. The summed E-state index contributed by atoms with van der Waals surface area (Å²) < 4.78 is 1.72. The summed E-state index contributed by atoms with van der Waals surface area (Å²) in [4.78, 5) is 15.6. The van der Waals surface area contributed by atoms with E-state index in [0.29, 0.717) is 16.4 Å². The normalized spacial score (nSPS) is 10.1. The van der Waals surface area contributed by atoms with Crippen molar-refractivity contribution in [3.05, 3.63) is 47.5 Å². The molecule has 0 atom stereocenters. The molecule has 0 aliphatic carbocycles. The monoisotopic (exact) mass is 235 g/mol. The van der Waals surface area contributed by atoms with Gasteiger partial charge in [0, 0.05) is 24.0 Å². The third kappa shape index (κ3) is 2.41. The van der Waals surface area contributed by atoms with Gasteiger partial charge in [-0.15, -0.1) is 0 Å². The minimum atomic E-state index is -0.233. The fraction of sp³-hybridized carbons (Fsp3) is 0.0909. The van der Waals surface area contributed by atoms with Gasteiger partial charge >= 0.3 is 0 Å². The molecule has 0 aliphatic rings.